The van der Waals surface area contributed by atoms with E-state index in [1.54, 1.807) is 65.0 Å². The predicted octanol–water partition coefficient (Wildman–Crippen LogP) is 5.63. The highest BCUT2D eigenvalue weighted by molar-refractivity contribution is 7.48. The van der Waals surface area contributed by atoms with E-state index in [0.29, 0.717) is 5.56 Å². The summed E-state index contributed by atoms with van der Waals surface area (Å²) >= 11 is 0. The van der Waals surface area contributed by atoms with Crippen molar-refractivity contribution in [1.82, 2.24) is 24.8 Å². The summed E-state index contributed by atoms with van der Waals surface area (Å²) in [6, 6.07) is 7.25. The minimum absolute atomic E-state index is 0.00188. The number of hydrogen-bond acceptors (Lipinski definition) is 19. The summed E-state index contributed by atoms with van der Waals surface area (Å²) in [5.41, 5.74) is 3.80. The van der Waals surface area contributed by atoms with Crippen molar-refractivity contribution in [3.8, 4) is 5.88 Å². The average molecular weight is 877 g/mol. The first-order chi connectivity index (χ1) is 28.3. The number of rotatable bonds is 22. The van der Waals surface area contributed by atoms with Gasteiger partial charge in [-0.2, -0.15) is 9.97 Å². The summed E-state index contributed by atoms with van der Waals surface area (Å²) < 4.78 is 106. The van der Waals surface area contributed by atoms with Gasteiger partial charge >= 0.3 is 26.0 Å². The SMILES string of the molecule is CCOc1nc(N)nc2c1ncn2[C@@H]1O[C@](F)(COP(=O)(OCOCOC(C)C)OCOC(=O)OC(C)C)[C@@H](F)[C@@]1(C)OC(=O)C(NC(=O)OCc1ccccc1)C(C)C. The molecule has 1 fully saturated rings. The second-order valence-electron chi connectivity index (χ2n) is 14.1. The second kappa shape index (κ2) is 21.2. The number of nitrogen functional groups attached to an aromatic ring is 1. The number of hydrogen-bond donors (Lipinski definition) is 2. The van der Waals surface area contributed by atoms with Gasteiger partial charge in [0.2, 0.25) is 24.8 Å². The van der Waals surface area contributed by atoms with Gasteiger partial charge in [-0.25, -0.2) is 37.2 Å². The van der Waals surface area contributed by atoms with E-state index in [4.69, 9.17) is 57.2 Å². The number of nitrogens with two attached hydrogens (primary N) is 1. The Hall–Kier alpha value is -4.77. The van der Waals surface area contributed by atoms with Crippen molar-refractivity contribution in [2.24, 2.45) is 5.92 Å². The van der Waals surface area contributed by atoms with Crippen LogP contribution >= 0.6 is 7.82 Å². The fraction of sp³-hybridized carbons (Fsp3) is 0.611. The summed E-state index contributed by atoms with van der Waals surface area (Å²) in [6.07, 6.45) is -6.93. The lowest BCUT2D eigenvalue weighted by Crippen LogP contribution is -2.53. The van der Waals surface area contributed by atoms with E-state index in [9.17, 15) is 18.9 Å². The molecule has 60 heavy (non-hydrogen) atoms. The fourth-order valence-corrected chi connectivity index (χ4v) is 6.35. The molecule has 0 bridgehead atoms. The molecule has 2 unspecified atom stereocenters. The molecule has 0 saturated carbocycles. The highest BCUT2D eigenvalue weighted by Gasteiger charge is 2.68. The number of esters is 1. The fourth-order valence-electron chi connectivity index (χ4n) is 5.41. The number of carbonyl (C=O) groups is 3. The van der Waals surface area contributed by atoms with E-state index in [0.717, 1.165) is 17.8 Å². The number of aromatic nitrogens is 4. The number of imidazole rings is 1. The number of ether oxygens (including phenoxy) is 8. The number of anilines is 1. The van der Waals surface area contributed by atoms with Gasteiger partial charge in [0.25, 0.3) is 5.85 Å². The molecule has 4 rings (SSSR count). The molecule has 24 heteroatoms. The Labute approximate surface area is 344 Å². The second-order valence-corrected chi connectivity index (χ2v) is 15.8. The molecule has 1 aliphatic rings. The molecule has 0 aliphatic carbocycles. The third-order valence-electron chi connectivity index (χ3n) is 8.27. The maximum absolute atomic E-state index is 17.2. The van der Waals surface area contributed by atoms with Crippen molar-refractivity contribution >= 4 is 43.2 Å². The van der Waals surface area contributed by atoms with Crippen LogP contribution in [0.5, 0.6) is 5.88 Å². The van der Waals surface area contributed by atoms with E-state index in [2.05, 4.69) is 20.3 Å². The van der Waals surface area contributed by atoms with Gasteiger partial charge in [-0.1, -0.05) is 44.2 Å². The van der Waals surface area contributed by atoms with Gasteiger partial charge in [0.1, 0.15) is 26.0 Å². The van der Waals surface area contributed by atoms with Crippen LogP contribution in [0.2, 0.25) is 0 Å². The number of phosphoric ester groups is 1. The summed E-state index contributed by atoms with van der Waals surface area (Å²) in [7, 11) is -5.02. The standard InChI is InChI=1S/C36H51F2N6O15P/c1-9-50-28-26-27(42-32(39)43-28)44(17-40-26)31-35(8,58-29(45)25(21(2)3)41-33(46)51-15-24-13-11-10-12-14-24)30(37)36(38,59-31)16-54-60(48,55-19-49-18-52-22(4)5)56-20-53-34(47)57-23(6)7/h10-14,17,21-23,25,30-31H,9,15-16,18-20H2,1-8H3,(H,41,46)(H2,39,42,43)/t25?,30-,31+,35+,36+,60?/m0/s1. The number of carbonyl (C=O) groups excluding carboxylic acids is 3. The third-order valence-corrected chi connectivity index (χ3v) is 9.55. The van der Waals surface area contributed by atoms with Crippen LogP contribution in [0.1, 0.15) is 67.2 Å². The van der Waals surface area contributed by atoms with Crippen LogP contribution in [0.15, 0.2) is 36.7 Å². The van der Waals surface area contributed by atoms with Gasteiger partial charge in [0.15, 0.2) is 29.8 Å². The Morgan fingerprint density at radius 2 is 1.70 bits per heavy atom. The Kier molecular flexibility index (Phi) is 16.9. The van der Waals surface area contributed by atoms with Gasteiger partial charge in [0, 0.05) is 0 Å². The molecule has 0 spiro atoms. The van der Waals surface area contributed by atoms with Crippen LogP contribution in [0.25, 0.3) is 11.2 Å². The van der Waals surface area contributed by atoms with Gasteiger partial charge in [-0.15, -0.1) is 0 Å². The minimum Gasteiger partial charge on any atom is -0.476 e. The zero-order valence-electron chi connectivity index (χ0n) is 34.4. The zero-order valence-corrected chi connectivity index (χ0v) is 35.3. The molecule has 334 valence electrons. The van der Waals surface area contributed by atoms with Crippen LogP contribution in [-0.4, -0.2) is 107 Å². The van der Waals surface area contributed by atoms with E-state index >= 15 is 8.78 Å². The normalized spacial score (nSPS) is 21.8. The first kappa shape index (κ1) is 47.9. The van der Waals surface area contributed by atoms with E-state index < -0.39 is 88.2 Å². The zero-order chi connectivity index (χ0) is 44.3. The maximum atomic E-state index is 17.2. The van der Waals surface area contributed by atoms with Crippen LogP contribution < -0.4 is 15.8 Å². The summed E-state index contributed by atoms with van der Waals surface area (Å²) in [4.78, 5) is 51.1. The lowest BCUT2D eigenvalue weighted by molar-refractivity contribution is -0.198. The predicted molar refractivity (Wildman–Crippen MR) is 203 cm³/mol. The Balaban J connectivity index is 1.65. The van der Waals surface area contributed by atoms with Gasteiger partial charge in [-0.05, 0) is 53.0 Å². The molecule has 6 atom stereocenters. The first-order valence-electron chi connectivity index (χ1n) is 18.7. The summed E-state index contributed by atoms with van der Waals surface area (Å²) in [5, 5.41) is 2.41. The van der Waals surface area contributed by atoms with Crippen molar-refractivity contribution < 1.29 is 79.2 Å². The molecular weight excluding hydrogens is 825 g/mol. The largest absolute Gasteiger partial charge is 0.510 e. The lowest BCUT2D eigenvalue weighted by Gasteiger charge is -2.33. The minimum atomic E-state index is -5.02. The van der Waals surface area contributed by atoms with Gasteiger partial charge < -0.3 is 48.9 Å². The van der Waals surface area contributed by atoms with Crippen molar-refractivity contribution in [3.05, 3.63) is 42.2 Å². The highest BCUT2D eigenvalue weighted by atomic mass is 31.2. The summed E-state index contributed by atoms with van der Waals surface area (Å²) in [5.74, 6) is -5.91. The van der Waals surface area contributed by atoms with Gasteiger partial charge in [0.05, 0.1) is 25.1 Å². The van der Waals surface area contributed by atoms with Crippen LogP contribution in [0.4, 0.5) is 24.3 Å². The van der Waals surface area contributed by atoms with Gasteiger partial charge in [-0.3, -0.25) is 13.6 Å². The topological polar surface area (TPSA) is 251 Å². The highest BCUT2D eigenvalue weighted by Crippen LogP contribution is 2.55. The lowest BCUT2D eigenvalue weighted by atomic mass is 9.95. The number of benzene rings is 1. The molecular formula is C36H51F2N6O15P. The molecule has 1 aromatic carbocycles. The number of nitrogens with zero attached hydrogens (tertiary/aromatic N) is 4. The monoisotopic (exact) mass is 876 g/mol. The average Bonchev–Trinajstić information content (AvgIpc) is 3.67. The smallest absolute Gasteiger partial charge is 0.476 e. The molecule has 2 aromatic heterocycles. The number of fused-ring (bicyclic) bond motifs is 1. The van der Waals surface area contributed by atoms with Crippen molar-refractivity contribution in [2.75, 3.05) is 39.3 Å². The van der Waals surface area contributed by atoms with E-state index in [-0.39, 0.29) is 49.1 Å². The number of halogens is 2. The molecule has 21 nitrogen and oxygen atoms in total. The van der Waals surface area contributed by atoms with Crippen LogP contribution in [-0.2, 0) is 62.7 Å². The number of phosphoric acid groups is 1. The molecule has 0 radical (unpaired) electrons. The molecule has 3 heterocycles. The number of amides is 1. The number of alkyl carbamates (subject to hydrolysis) is 1. The third kappa shape index (κ3) is 12.6. The first-order valence-corrected chi connectivity index (χ1v) is 20.2. The Morgan fingerprint density at radius 3 is 2.35 bits per heavy atom. The molecule has 1 saturated heterocycles. The van der Waals surface area contributed by atoms with Crippen LogP contribution in [0, 0.1) is 5.92 Å². The maximum Gasteiger partial charge on any atom is 0.510 e. The Morgan fingerprint density at radius 1 is 1.00 bits per heavy atom. The molecule has 3 N–H and O–H groups in total. The van der Waals surface area contributed by atoms with E-state index in [1.807, 2.05) is 0 Å². The number of nitrogens with one attached hydrogen (secondary N) is 1. The molecule has 1 aliphatic heterocycles. The van der Waals surface area contributed by atoms with Crippen molar-refractivity contribution in [3.63, 3.8) is 0 Å². The van der Waals surface area contributed by atoms with E-state index in [1.165, 1.54) is 13.8 Å². The molecule has 3 aromatic rings. The van der Waals surface area contributed by atoms with Crippen molar-refractivity contribution in [2.45, 2.75) is 104 Å². The quantitative estimate of drug-likeness (QED) is 0.0408. The summed E-state index contributed by atoms with van der Waals surface area (Å²) in [6.45, 7) is 8.51. The van der Waals surface area contributed by atoms with Crippen molar-refractivity contribution in [1.29, 1.82) is 0 Å². The molecule has 1 amide bonds. The number of alkyl halides is 2. The Bertz CT molecular complexity index is 1950. The van der Waals surface area contributed by atoms with Crippen LogP contribution in [0.3, 0.4) is 0 Å².